The molecule has 1 aliphatic carbocycles. The minimum atomic E-state index is -1.47. The van der Waals surface area contributed by atoms with Gasteiger partial charge in [-0.05, 0) is 106 Å². The fraction of sp³-hybridized carbons (Fsp3) is 0.467. The predicted octanol–water partition coefficient (Wildman–Crippen LogP) is 0.0105. The number of nitrogens with one attached hydrogen (secondary N) is 10. The van der Waals surface area contributed by atoms with E-state index in [9.17, 15) is 53.4 Å². The van der Waals surface area contributed by atoms with Gasteiger partial charge in [-0.25, -0.2) is 4.98 Å². The van der Waals surface area contributed by atoms with E-state index in [2.05, 4.69) is 83.1 Å². The molecule has 18 N–H and O–H groups in total. The minimum Gasteiger partial charge on any atom is -0.508 e. The number of thiazole rings is 1. The molecule has 88 heavy (non-hydrogen) atoms. The first-order valence-corrected chi connectivity index (χ1v) is 31.4. The summed E-state index contributed by atoms with van der Waals surface area (Å²) in [4.78, 5) is 134. The topological polar surface area (TPSA) is 409 Å². The number of aromatic nitrogens is 2. The number of aliphatic hydroxyl groups is 1. The van der Waals surface area contributed by atoms with Gasteiger partial charge in [0.25, 0.3) is 0 Å². The number of H-pyrrole nitrogens is 1. The standard InChI is InChI=1S/C60H82N14O11S3/c1-3-40(53(79)71-48(32-87)59(85)74-51(33(2)75)52(62)78)67-54(80)43(16-9-10-24-61)68-57(83)46(28-36-30-65-41-15-8-7-14-39(36)41)70-56(82)45(27-35-18-21-38(76)22-19-35)69-58(84)47(31-86)72-55(81)44(26-34-12-5-4-6-13-34)66-50(77)17-11-25-64-37-20-23-42-49(29-37)88-60(63)73-42/h4-8,12-15,18-19,21-22,30,33,37,40,43-48,51,64-65,75-76,86-87H,3,9-11,16-17,20,23-29,31-32,61H2,1-2H3,(H2,62,78)(H2,63,73)(H,66,77)(H,67,80)(H,68,83)(H,69,84)(H,70,82)(H,71,79)(H,72,81)(H,74,85)/t33-,37+,40+,43+,44-,45+,46-,47+,48+,51+/m1/s1. The van der Waals surface area contributed by atoms with E-state index in [1.165, 1.54) is 30.4 Å². The number of anilines is 1. The monoisotopic (exact) mass is 1270 g/mol. The van der Waals surface area contributed by atoms with Gasteiger partial charge in [-0.2, -0.15) is 25.3 Å². The molecular formula is C60H82N14O11S3. The molecule has 0 radical (unpaired) electrons. The van der Waals surface area contributed by atoms with Crippen LogP contribution in [0.5, 0.6) is 5.75 Å². The summed E-state index contributed by atoms with van der Waals surface area (Å²) >= 11 is 10.1. The zero-order valence-electron chi connectivity index (χ0n) is 49.2. The number of fused-ring (bicyclic) bond motifs is 2. The predicted molar refractivity (Wildman–Crippen MR) is 341 cm³/mol. The van der Waals surface area contributed by atoms with Crippen molar-refractivity contribution in [3.63, 3.8) is 0 Å². The van der Waals surface area contributed by atoms with Crippen molar-refractivity contribution in [3.05, 3.63) is 112 Å². The number of nitrogens with zero attached hydrogens (tertiary/aromatic N) is 1. The number of benzene rings is 3. The molecule has 2 heterocycles. The zero-order valence-corrected chi connectivity index (χ0v) is 51.8. The number of phenolic OH excluding ortho intramolecular Hbond substituents is 1. The average molecular weight is 1270 g/mol. The summed E-state index contributed by atoms with van der Waals surface area (Å²) in [6.07, 6.45) is 4.04. The van der Waals surface area contributed by atoms with Crippen molar-refractivity contribution in [2.24, 2.45) is 11.5 Å². The lowest BCUT2D eigenvalue weighted by Crippen LogP contribution is -2.61. The van der Waals surface area contributed by atoms with Gasteiger partial charge in [-0.15, -0.1) is 11.3 Å². The van der Waals surface area contributed by atoms with Crippen molar-refractivity contribution in [2.45, 2.75) is 151 Å². The lowest BCUT2D eigenvalue weighted by atomic mass is 9.97. The Balaban J connectivity index is 1.19. The molecule has 10 atom stereocenters. The molecule has 1 aliphatic rings. The number of para-hydroxylation sites is 1. The summed E-state index contributed by atoms with van der Waals surface area (Å²) in [5.41, 5.74) is 20.7. The normalized spacial score (nSPS) is 15.9. The van der Waals surface area contributed by atoms with E-state index < -0.39 is 102 Å². The number of thiol groups is 2. The molecule has 0 saturated carbocycles. The third-order valence-electron chi connectivity index (χ3n) is 15.0. The Morgan fingerprint density at radius 2 is 1.20 bits per heavy atom. The number of phenols is 1. The van der Waals surface area contributed by atoms with E-state index in [0.717, 1.165) is 46.3 Å². The number of aromatic amines is 1. The quantitative estimate of drug-likeness (QED) is 0.0188. The van der Waals surface area contributed by atoms with Crippen molar-refractivity contribution in [1.82, 2.24) is 57.8 Å². The highest BCUT2D eigenvalue weighted by molar-refractivity contribution is 7.80. The first-order chi connectivity index (χ1) is 42.2. The maximum atomic E-state index is 14.9. The van der Waals surface area contributed by atoms with Gasteiger partial charge in [-0.1, -0.05) is 67.6 Å². The highest BCUT2D eigenvalue weighted by Crippen LogP contribution is 2.28. The highest BCUT2D eigenvalue weighted by atomic mass is 32.1. The molecule has 9 amide bonds. The zero-order chi connectivity index (χ0) is 63.9. The molecule has 2 aromatic heterocycles. The Kier molecular flexibility index (Phi) is 27.3. The Morgan fingerprint density at radius 1 is 0.670 bits per heavy atom. The largest absolute Gasteiger partial charge is 0.508 e. The van der Waals surface area contributed by atoms with E-state index >= 15 is 0 Å². The van der Waals surface area contributed by atoms with Crippen LogP contribution in [-0.4, -0.2) is 158 Å². The second-order valence-corrected chi connectivity index (χ2v) is 23.6. The van der Waals surface area contributed by atoms with Crippen molar-refractivity contribution >= 4 is 106 Å². The number of nitrogen functional groups attached to an aromatic ring is 1. The van der Waals surface area contributed by atoms with Crippen molar-refractivity contribution < 1.29 is 53.4 Å². The summed E-state index contributed by atoms with van der Waals surface area (Å²) < 4.78 is 0. The van der Waals surface area contributed by atoms with Crippen LogP contribution in [0.25, 0.3) is 10.9 Å². The Morgan fingerprint density at radius 3 is 1.82 bits per heavy atom. The Hall–Kier alpha value is -7.76. The number of aliphatic hydroxyl groups excluding tert-OH is 1. The molecule has 0 fully saturated rings. The van der Waals surface area contributed by atoms with E-state index in [4.69, 9.17) is 17.2 Å². The molecule has 0 saturated heterocycles. The van der Waals surface area contributed by atoms with Gasteiger partial charge in [0.1, 0.15) is 54.1 Å². The molecule has 476 valence electrons. The van der Waals surface area contributed by atoms with Gasteiger partial charge in [0, 0.05) is 65.2 Å². The summed E-state index contributed by atoms with van der Waals surface area (Å²) in [6.45, 7) is 3.66. The molecule has 3 aromatic carbocycles. The highest BCUT2D eigenvalue weighted by Gasteiger charge is 2.35. The van der Waals surface area contributed by atoms with Gasteiger partial charge in [-0.3, -0.25) is 43.2 Å². The number of hydrogen-bond donors (Lipinski definition) is 17. The molecule has 0 aliphatic heterocycles. The van der Waals surface area contributed by atoms with E-state index in [-0.39, 0.29) is 74.3 Å². The molecule has 0 bridgehead atoms. The first-order valence-electron chi connectivity index (χ1n) is 29.4. The number of unbranched alkanes of at least 4 members (excludes halogenated alkanes) is 1. The number of carbonyl (C=O) groups is 9. The van der Waals surface area contributed by atoms with Crippen LogP contribution in [0, 0.1) is 0 Å². The summed E-state index contributed by atoms with van der Waals surface area (Å²) in [6, 6.07) is 11.7. The van der Waals surface area contributed by atoms with Crippen LogP contribution < -0.4 is 65.1 Å². The lowest BCUT2D eigenvalue weighted by molar-refractivity contribution is -0.135. The van der Waals surface area contributed by atoms with Crippen LogP contribution in [0.2, 0.25) is 0 Å². The van der Waals surface area contributed by atoms with Crippen molar-refractivity contribution in [1.29, 1.82) is 0 Å². The van der Waals surface area contributed by atoms with E-state index in [1.807, 2.05) is 36.4 Å². The average Bonchev–Trinajstić information content (AvgIpc) is 3.96. The van der Waals surface area contributed by atoms with Crippen LogP contribution in [-0.2, 0) is 75.3 Å². The first kappa shape index (κ1) is 69.3. The third-order valence-corrected chi connectivity index (χ3v) is 16.7. The number of hydrogen-bond acceptors (Lipinski definition) is 18. The van der Waals surface area contributed by atoms with Gasteiger partial charge >= 0.3 is 0 Å². The van der Waals surface area contributed by atoms with Gasteiger partial charge < -0.3 is 80.2 Å². The molecular weight excluding hydrogens is 1190 g/mol. The summed E-state index contributed by atoms with van der Waals surface area (Å²) in [5, 5.41) is 46.3. The summed E-state index contributed by atoms with van der Waals surface area (Å²) in [7, 11) is 0. The number of primary amides is 1. The molecule has 0 spiro atoms. The number of nitrogens with two attached hydrogens (primary N) is 3. The van der Waals surface area contributed by atoms with Crippen LogP contribution in [0.3, 0.4) is 0 Å². The Bertz CT molecular complexity index is 3170. The second-order valence-electron chi connectivity index (χ2n) is 21.7. The second kappa shape index (κ2) is 34.7. The number of aromatic hydroxyl groups is 1. The number of carbonyl (C=O) groups excluding carboxylic acids is 9. The van der Waals surface area contributed by atoms with Crippen LogP contribution in [0.15, 0.2) is 85.1 Å². The minimum absolute atomic E-state index is 0.0157. The smallest absolute Gasteiger partial charge is 0.244 e. The van der Waals surface area contributed by atoms with E-state index in [1.54, 1.807) is 43.5 Å². The molecule has 6 rings (SSSR count). The van der Waals surface area contributed by atoms with Crippen LogP contribution in [0.4, 0.5) is 5.13 Å². The Labute approximate surface area is 525 Å². The number of amides is 9. The van der Waals surface area contributed by atoms with E-state index in [0.29, 0.717) is 42.1 Å². The SMILES string of the molecule is CC[C@H](NC(=O)[C@H](CCCCN)NC(=O)[C@@H](Cc1c[nH]c2ccccc12)NC(=O)[C@H](Cc1ccc(O)cc1)NC(=O)[C@H](CS)NC(=O)[C@@H](Cc1ccccc1)NC(=O)CCCN[C@H]1CCc2nc(N)sc2C1)C(=O)N[C@@H](CS)C(=O)N[C@H](C(N)=O)[C@@H](C)O. The molecule has 25 nitrogen and oxygen atoms in total. The van der Waals surface area contributed by atoms with Crippen LogP contribution >= 0.6 is 36.6 Å². The number of aryl methyl sites for hydroxylation is 1. The number of rotatable bonds is 35. The molecule has 28 heteroatoms. The molecule has 5 aromatic rings. The van der Waals surface area contributed by atoms with Gasteiger partial charge in [0.15, 0.2) is 5.13 Å². The maximum absolute atomic E-state index is 14.9. The van der Waals surface area contributed by atoms with Gasteiger partial charge in [0.2, 0.25) is 53.2 Å². The lowest BCUT2D eigenvalue weighted by Gasteiger charge is -2.28. The van der Waals surface area contributed by atoms with Crippen molar-refractivity contribution in [2.75, 3.05) is 30.3 Å². The van der Waals surface area contributed by atoms with Crippen LogP contribution in [0.1, 0.15) is 86.1 Å². The third kappa shape index (κ3) is 21.0. The summed E-state index contributed by atoms with van der Waals surface area (Å²) in [5.74, 6) is -7.58. The van der Waals surface area contributed by atoms with Gasteiger partial charge in [0.05, 0.1) is 11.8 Å². The fourth-order valence-electron chi connectivity index (χ4n) is 10.1. The van der Waals surface area contributed by atoms with Crippen molar-refractivity contribution in [3.8, 4) is 5.75 Å². The fourth-order valence-corrected chi connectivity index (χ4v) is 11.5. The maximum Gasteiger partial charge on any atom is 0.244 e. The molecule has 0 unspecified atom stereocenters.